The maximum atomic E-state index is 11.7. The van der Waals surface area contributed by atoms with E-state index >= 15 is 0 Å². The van der Waals surface area contributed by atoms with Crippen molar-refractivity contribution in [2.45, 2.75) is 37.7 Å². The number of methoxy groups -OCH3 is 1. The summed E-state index contributed by atoms with van der Waals surface area (Å²) in [6.07, 6.45) is 1.00. The van der Waals surface area contributed by atoms with Crippen LogP contribution in [0.4, 0.5) is 0 Å². The second kappa shape index (κ2) is 7.63. The number of aromatic nitrogens is 4. The second-order valence-electron chi connectivity index (χ2n) is 6.44. The first-order chi connectivity index (χ1) is 13.6. The Balaban J connectivity index is 1.64. The number of hydrogen-bond donors (Lipinski definition) is 0. The number of nitrogens with zero attached hydrogens (tertiary/aromatic N) is 4. The van der Waals surface area contributed by atoms with Gasteiger partial charge in [0.1, 0.15) is 11.3 Å². The molecule has 0 spiro atoms. The lowest BCUT2D eigenvalue weighted by atomic mass is 10.2. The van der Waals surface area contributed by atoms with Crippen LogP contribution in [0.15, 0.2) is 39.9 Å². The van der Waals surface area contributed by atoms with Crippen molar-refractivity contribution in [1.82, 2.24) is 19.7 Å². The van der Waals surface area contributed by atoms with Gasteiger partial charge in [-0.15, -0.1) is 10.2 Å². The maximum absolute atomic E-state index is 11.7. The monoisotopic (exact) mass is 396 g/mol. The minimum Gasteiger partial charge on any atom is -0.463 e. The number of aryl methyl sites for hydroxylation is 2. The number of para-hydroxylation sites is 1. The number of thioether (sulfide) groups is 1. The van der Waals surface area contributed by atoms with Crippen LogP contribution in [0.25, 0.3) is 22.1 Å². The molecule has 0 saturated heterocycles. The number of fused-ring (bicyclic) bond motifs is 3. The largest absolute Gasteiger partial charge is 0.463 e. The summed E-state index contributed by atoms with van der Waals surface area (Å²) in [6, 6.07) is 9.99. The molecule has 8 heteroatoms. The van der Waals surface area contributed by atoms with Crippen LogP contribution in [-0.4, -0.2) is 32.8 Å². The van der Waals surface area contributed by atoms with Gasteiger partial charge in [-0.25, -0.2) is 9.78 Å². The zero-order chi connectivity index (χ0) is 19.7. The van der Waals surface area contributed by atoms with Crippen LogP contribution in [0.3, 0.4) is 0 Å². The predicted molar refractivity (Wildman–Crippen MR) is 107 cm³/mol. The standard InChI is InChI=1S/C20H20N4O3S/c1-4-9-24-15-8-6-5-7-14(15)16-18(24)21-20(23-22-16)28-11-13-10-12(2)17(27-13)19(25)26-3/h5-8,10H,4,9,11H2,1-3H3. The molecule has 0 aliphatic rings. The first-order valence-electron chi connectivity index (χ1n) is 9.04. The van der Waals surface area contributed by atoms with Crippen molar-refractivity contribution < 1.29 is 13.9 Å². The van der Waals surface area contributed by atoms with E-state index in [9.17, 15) is 4.79 Å². The Morgan fingerprint density at radius 1 is 1.29 bits per heavy atom. The van der Waals surface area contributed by atoms with Gasteiger partial charge in [0, 0.05) is 17.5 Å². The predicted octanol–water partition coefficient (Wildman–Crippen LogP) is 4.37. The summed E-state index contributed by atoms with van der Waals surface area (Å²) in [7, 11) is 1.34. The zero-order valence-corrected chi connectivity index (χ0v) is 16.7. The number of furan rings is 1. The van der Waals surface area contributed by atoms with Gasteiger partial charge >= 0.3 is 5.97 Å². The highest BCUT2D eigenvalue weighted by atomic mass is 32.2. The van der Waals surface area contributed by atoms with E-state index in [0.717, 1.165) is 40.6 Å². The van der Waals surface area contributed by atoms with Crippen LogP contribution in [0.1, 0.15) is 35.2 Å². The number of carbonyl (C=O) groups is 1. The minimum atomic E-state index is -0.475. The quantitative estimate of drug-likeness (QED) is 0.353. The third-order valence-electron chi connectivity index (χ3n) is 4.48. The van der Waals surface area contributed by atoms with E-state index in [1.54, 1.807) is 0 Å². The summed E-state index contributed by atoms with van der Waals surface area (Å²) in [5.74, 6) is 0.924. The van der Waals surface area contributed by atoms with Crippen LogP contribution in [0.2, 0.25) is 0 Å². The fraction of sp³-hybridized carbons (Fsp3) is 0.300. The molecule has 0 bridgehead atoms. The molecule has 1 aromatic carbocycles. The van der Waals surface area contributed by atoms with Gasteiger partial charge in [0.2, 0.25) is 10.9 Å². The number of esters is 1. The summed E-state index contributed by atoms with van der Waals surface area (Å²) >= 11 is 1.42. The van der Waals surface area contributed by atoms with Crippen molar-refractivity contribution in [3.8, 4) is 0 Å². The maximum Gasteiger partial charge on any atom is 0.374 e. The molecule has 28 heavy (non-hydrogen) atoms. The Morgan fingerprint density at radius 3 is 2.89 bits per heavy atom. The molecule has 0 atom stereocenters. The highest BCUT2D eigenvalue weighted by molar-refractivity contribution is 7.98. The Kier molecular flexibility index (Phi) is 5.04. The molecule has 0 N–H and O–H groups in total. The topological polar surface area (TPSA) is 83.0 Å². The summed E-state index contributed by atoms with van der Waals surface area (Å²) in [5.41, 5.74) is 3.52. The SMILES string of the molecule is CCCn1c2ccccc2c2nnc(SCc3cc(C)c(C(=O)OC)o3)nc21. The first kappa shape index (κ1) is 18.5. The van der Waals surface area contributed by atoms with Crippen LogP contribution in [-0.2, 0) is 17.0 Å². The third kappa shape index (κ3) is 3.24. The second-order valence-corrected chi connectivity index (χ2v) is 7.38. The number of benzene rings is 1. The molecule has 0 saturated carbocycles. The Bertz CT molecular complexity index is 1170. The molecular weight excluding hydrogens is 376 g/mol. The van der Waals surface area contributed by atoms with E-state index in [1.807, 2.05) is 31.2 Å². The van der Waals surface area contributed by atoms with Crippen molar-refractivity contribution >= 4 is 39.8 Å². The third-order valence-corrected chi connectivity index (χ3v) is 5.34. The fourth-order valence-corrected chi connectivity index (χ4v) is 3.91. The number of hydrogen-bond acceptors (Lipinski definition) is 7. The summed E-state index contributed by atoms with van der Waals surface area (Å²) < 4.78 is 12.5. The van der Waals surface area contributed by atoms with E-state index in [4.69, 9.17) is 14.1 Å². The van der Waals surface area contributed by atoms with Crippen LogP contribution in [0, 0.1) is 6.92 Å². The molecule has 0 radical (unpaired) electrons. The van der Waals surface area contributed by atoms with Crippen molar-refractivity contribution in [2.75, 3.05) is 7.11 Å². The molecule has 4 rings (SSSR count). The molecule has 3 heterocycles. The lowest BCUT2D eigenvalue weighted by molar-refractivity contribution is 0.0562. The number of carbonyl (C=O) groups excluding carboxylic acids is 1. The van der Waals surface area contributed by atoms with E-state index in [2.05, 4.69) is 27.8 Å². The molecule has 7 nitrogen and oxygen atoms in total. The highest BCUT2D eigenvalue weighted by Gasteiger charge is 2.18. The van der Waals surface area contributed by atoms with E-state index in [1.165, 1.54) is 18.9 Å². The molecule has 0 fully saturated rings. The average Bonchev–Trinajstić information content (AvgIpc) is 3.24. The van der Waals surface area contributed by atoms with Gasteiger partial charge in [-0.05, 0) is 25.5 Å². The molecule has 0 amide bonds. The Hall–Kier alpha value is -2.87. The van der Waals surface area contributed by atoms with Gasteiger partial charge in [0.15, 0.2) is 5.65 Å². The molecule has 3 aromatic heterocycles. The molecule has 4 aromatic rings. The van der Waals surface area contributed by atoms with Crippen LogP contribution < -0.4 is 0 Å². The van der Waals surface area contributed by atoms with E-state index in [-0.39, 0.29) is 5.76 Å². The van der Waals surface area contributed by atoms with Crippen molar-refractivity contribution in [3.05, 3.63) is 47.4 Å². The summed E-state index contributed by atoms with van der Waals surface area (Å²) in [6.45, 7) is 4.83. The van der Waals surface area contributed by atoms with Crippen molar-refractivity contribution in [1.29, 1.82) is 0 Å². The first-order valence-corrected chi connectivity index (χ1v) is 10.0. The normalized spacial score (nSPS) is 11.4. The van der Waals surface area contributed by atoms with Gasteiger partial charge in [0.05, 0.1) is 18.4 Å². The molecular formula is C20H20N4O3S. The average molecular weight is 396 g/mol. The molecule has 0 unspecified atom stereocenters. The van der Waals surface area contributed by atoms with Crippen molar-refractivity contribution in [2.24, 2.45) is 0 Å². The fourth-order valence-electron chi connectivity index (χ4n) is 3.25. The van der Waals surface area contributed by atoms with Gasteiger partial charge in [-0.3, -0.25) is 0 Å². The van der Waals surface area contributed by atoms with E-state index in [0.29, 0.717) is 16.7 Å². The van der Waals surface area contributed by atoms with Gasteiger partial charge in [-0.1, -0.05) is 36.9 Å². The van der Waals surface area contributed by atoms with Gasteiger partial charge in [0.25, 0.3) is 0 Å². The number of ether oxygens (including phenoxy) is 1. The molecule has 144 valence electrons. The Morgan fingerprint density at radius 2 is 2.11 bits per heavy atom. The molecule has 0 aliphatic heterocycles. The lowest BCUT2D eigenvalue weighted by Crippen LogP contribution is -2.00. The number of rotatable bonds is 6. The van der Waals surface area contributed by atoms with Crippen LogP contribution in [0.5, 0.6) is 0 Å². The summed E-state index contributed by atoms with van der Waals surface area (Å²) in [4.78, 5) is 16.4. The molecule has 0 aliphatic carbocycles. The van der Waals surface area contributed by atoms with E-state index < -0.39 is 5.97 Å². The Labute approximate surface area is 166 Å². The van der Waals surface area contributed by atoms with Gasteiger partial charge < -0.3 is 13.7 Å². The zero-order valence-electron chi connectivity index (χ0n) is 15.9. The van der Waals surface area contributed by atoms with Crippen LogP contribution >= 0.6 is 11.8 Å². The summed E-state index contributed by atoms with van der Waals surface area (Å²) in [5, 5.41) is 10.3. The smallest absolute Gasteiger partial charge is 0.374 e. The van der Waals surface area contributed by atoms with Crippen molar-refractivity contribution in [3.63, 3.8) is 0 Å². The lowest BCUT2D eigenvalue weighted by Gasteiger charge is -2.04. The minimum absolute atomic E-state index is 0.232. The van der Waals surface area contributed by atoms with Gasteiger partial charge in [-0.2, -0.15) is 0 Å². The highest BCUT2D eigenvalue weighted by Crippen LogP contribution is 2.29.